The smallest absolute Gasteiger partial charge is 0.336 e. The van der Waals surface area contributed by atoms with E-state index in [-0.39, 0.29) is 48.7 Å². The molecule has 2 aliphatic heterocycles. The number of thioether (sulfide) groups is 1. The van der Waals surface area contributed by atoms with Crippen molar-refractivity contribution in [1.82, 2.24) is 4.90 Å². The Balaban J connectivity index is 1.22. The lowest BCUT2D eigenvalue weighted by Gasteiger charge is -2.41. The summed E-state index contributed by atoms with van der Waals surface area (Å²) in [6, 6.07) is 28.9. The van der Waals surface area contributed by atoms with Gasteiger partial charge in [0.15, 0.2) is 6.29 Å². The first-order valence-corrected chi connectivity index (χ1v) is 15.3. The van der Waals surface area contributed by atoms with Gasteiger partial charge in [0.2, 0.25) is 0 Å². The number of fused-ring (bicyclic) bond motifs is 1. The van der Waals surface area contributed by atoms with Crippen molar-refractivity contribution in [1.29, 1.82) is 0 Å². The minimum Gasteiger partial charge on any atom is -0.478 e. The van der Waals surface area contributed by atoms with Gasteiger partial charge in [-0.2, -0.15) is 0 Å². The lowest BCUT2D eigenvalue weighted by Crippen LogP contribution is -2.38. The molecule has 2 heterocycles. The Morgan fingerprint density at radius 3 is 2.02 bits per heavy atom. The second kappa shape index (κ2) is 12.8. The molecular formula is C35H31NO7S. The molecule has 2 aliphatic rings. The first-order valence-electron chi connectivity index (χ1n) is 14.3. The normalized spacial score (nSPS) is 21.4. The highest BCUT2D eigenvalue weighted by Crippen LogP contribution is 2.43. The minimum absolute atomic E-state index is 0.0532. The number of benzene rings is 4. The minimum atomic E-state index is -0.977. The summed E-state index contributed by atoms with van der Waals surface area (Å²) in [7, 11) is 0. The molecule has 44 heavy (non-hydrogen) atoms. The summed E-state index contributed by atoms with van der Waals surface area (Å²) >= 11 is 1.44. The molecule has 1 fully saturated rings. The fourth-order valence-electron chi connectivity index (χ4n) is 5.60. The fraction of sp³-hybridized carbons (Fsp3) is 0.229. The standard InChI is InChI=1S/C35H31NO7S/c1-21-29(20-44-30-9-5-4-8-28(30)34(40)41)42-35(43-31(21)24-14-12-23(19-37)13-15-24)25-16-10-22(11-17-25)18-36-32(38)26-6-2-3-7-27(26)33(36)39/h2-17,21,29,31,35,37H,18-20H2,1H3,(H,40,41)/t21-,29+,31+,35+/m0/s1. The molecule has 0 unspecified atom stereocenters. The van der Waals surface area contributed by atoms with Crippen molar-refractivity contribution in [3.63, 3.8) is 0 Å². The van der Waals surface area contributed by atoms with Crippen molar-refractivity contribution >= 4 is 29.5 Å². The highest BCUT2D eigenvalue weighted by Gasteiger charge is 2.39. The first kappa shape index (κ1) is 29.8. The van der Waals surface area contributed by atoms with Crippen molar-refractivity contribution in [3.8, 4) is 0 Å². The molecule has 0 aromatic heterocycles. The lowest BCUT2D eigenvalue weighted by atomic mass is 9.91. The number of carboxylic acids is 1. The summed E-state index contributed by atoms with van der Waals surface area (Å²) in [5.41, 5.74) is 4.41. The molecule has 4 aromatic rings. The number of nitrogens with zero attached hydrogens (tertiary/aromatic N) is 1. The molecule has 0 spiro atoms. The summed E-state index contributed by atoms with van der Waals surface area (Å²) in [6.45, 7) is 2.15. The number of aliphatic hydroxyl groups excluding tert-OH is 1. The van der Waals surface area contributed by atoms with Crippen LogP contribution in [0, 0.1) is 5.92 Å². The predicted molar refractivity (Wildman–Crippen MR) is 164 cm³/mol. The molecule has 0 bridgehead atoms. The van der Waals surface area contributed by atoms with E-state index in [1.807, 2.05) is 54.6 Å². The van der Waals surface area contributed by atoms with Crippen LogP contribution >= 0.6 is 11.8 Å². The van der Waals surface area contributed by atoms with Crippen LogP contribution in [0.4, 0.5) is 0 Å². The molecular weight excluding hydrogens is 578 g/mol. The molecule has 8 nitrogen and oxygen atoms in total. The topological polar surface area (TPSA) is 113 Å². The number of aromatic carboxylic acids is 1. The van der Waals surface area contributed by atoms with Gasteiger partial charge in [0.25, 0.3) is 11.8 Å². The van der Waals surface area contributed by atoms with Gasteiger partial charge in [0.05, 0.1) is 42.0 Å². The van der Waals surface area contributed by atoms with Gasteiger partial charge in [-0.05, 0) is 41.0 Å². The predicted octanol–water partition coefficient (Wildman–Crippen LogP) is 6.26. The van der Waals surface area contributed by atoms with E-state index in [1.54, 1.807) is 42.5 Å². The maximum Gasteiger partial charge on any atom is 0.336 e. The molecule has 9 heteroatoms. The number of ether oxygens (including phenoxy) is 2. The number of aliphatic hydroxyl groups is 1. The number of amides is 2. The van der Waals surface area contributed by atoms with E-state index in [4.69, 9.17) is 9.47 Å². The Bertz CT molecular complexity index is 1650. The Labute approximate surface area is 259 Å². The second-order valence-electron chi connectivity index (χ2n) is 10.9. The highest BCUT2D eigenvalue weighted by atomic mass is 32.2. The van der Waals surface area contributed by atoms with E-state index in [1.165, 1.54) is 16.7 Å². The molecule has 0 saturated carbocycles. The summed E-state index contributed by atoms with van der Waals surface area (Å²) in [5, 5.41) is 19.2. The Morgan fingerprint density at radius 1 is 0.795 bits per heavy atom. The first-order chi connectivity index (χ1) is 21.3. The molecule has 2 N–H and O–H groups in total. The average Bonchev–Trinajstić information content (AvgIpc) is 3.29. The third-order valence-electron chi connectivity index (χ3n) is 8.11. The van der Waals surface area contributed by atoms with Crippen LogP contribution in [0.15, 0.2) is 102 Å². The molecule has 224 valence electrons. The van der Waals surface area contributed by atoms with Crippen molar-refractivity contribution < 1.29 is 34.1 Å². The Hall–Kier alpha value is -4.28. The maximum absolute atomic E-state index is 12.8. The van der Waals surface area contributed by atoms with Gasteiger partial charge in [-0.3, -0.25) is 14.5 Å². The lowest BCUT2D eigenvalue weighted by molar-refractivity contribution is -0.268. The summed E-state index contributed by atoms with van der Waals surface area (Å²) in [5.74, 6) is -1.14. The van der Waals surface area contributed by atoms with E-state index in [0.29, 0.717) is 21.8 Å². The zero-order chi connectivity index (χ0) is 30.8. The van der Waals surface area contributed by atoms with Gasteiger partial charge in [-0.25, -0.2) is 4.79 Å². The van der Waals surface area contributed by atoms with Gasteiger partial charge in [-0.15, -0.1) is 11.8 Å². The molecule has 6 rings (SSSR count). The van der Waals surface area contributed by atoms with Crippen LogP contribution in [0.3, 0.4) is 0 Å². The van der Waals surface area contributed by atoms with E-state index >= 15 is 0 Å². The van der Waals surface area contributed by atoms with Crippen molar-refractivity contribution in [3.05, 3.63) is 136 Å². The Kier molecular flexibility index (Phi) is 8.63. The van der Waals surface area contributed by atoms with E-state index in [0.717, 1.165) is 22.3 Å². The van der Waals surface area contributed by atoms with Crippen LogP contribution in [-0.2, 0) is 22.6 Å². The number of carbonyl (C=O) groups excluding carboxylic acids is 2. The van der Waals surface area contributed by atoms with Crippen molar-refractivity contribution in [2.24, 2.45) is 5.92 Å². The summed E-state index contributed by atoms with van der Waals surface area (Å²) in [6.07, 6.45) is -1.30. The van der Waals surface area contributed by atoms with E-state index in [9.17, 15) is 24.6 Å². The third-order valence-corrected chi connectivity index (χ3v) is 9.28. The van der Waals surface area contributed by atoms with Crippen LogP contribution in [0.1, 0.15) is 72.6 Å². The van der Waals surface area contributed by atoms with Gasteiger partial charge >= 0.3 is 5.97 Å². The molecule has 0 aliphatic carbocycles. The highest BCUT2D eigenvalue weighted by molar-refractivity contribution is 7.99. The molecule has 1 saturated heterocycles. The second-order valence-corrected chi connectivity index (χ2v) is 12.0. The quantitative estimate of drug-likeness (QED) is 0.169. The molecule has 2 amide bonds. The number of carbonyl (C=O) groups is 3. The third kappa shape index (κ3) is 5.92. The number of imide groups is 1. The van der Waals surface area contributed by atoms with Gasteiger partial charge in [0.1, 0.15) is 0 Å². The van der Waals surface area contributed by atoms with Gasteiger partial charge in [-0.1, -0.05) is 79.7 Å². The van der Waals surface area contributed by atoms with Crippen LogP contribution in [-0.4, -0.2) is 44.8 Å². The molecule has 0 radical (unpaired) electrons. The summed E-state index contributed by atoms with van der Waals surface area (Å²) in [4.78, 5) is 39.4. The number of hydrogen-bond acceptors (Lipinski definition) is 7. The number of carboxylic acid groups (broad SMARTS) is 1. The number of rotatable bonds is 9. The van der Waals surface area contributed by atoms with E-state index < -0.39 is 12.3 Å². The molecule has 4 atom stereocenters. The Morgan fingerprint density at radius 2 is 1.39 bits per heavy atom. The SMILES string of the molecule is C[C@H]1[C@@H](CSc2ccccc2C(=O)O)O[C@@H](c2ccc(CN3C(=O)c4ccccc4C3=O)cc2)O[C@H]1c1ccc(CO)cc1. The van der Waals surface area contributed by atoms with Crippen LogP contribution in [0.2, 0.25) is 0 Å². The van der Waals surface area contributed by atoms with Crippen molar-refractivity contribution in [2.75, 3.05) is 5.75 Å². The van der Waals surface area contributed by atoms with Crippen LogP contribution < -0.4 is 0 Å². The van der Waals surface area contributed by atoms with E-state index in [2.05, 4.69) is 6.92 Å². The monoisotopic (exact) mass is 609 g/mol. The fourth-order valence-corrected chi connectivity index (χ4v) is 6.81. The van der Waals surface area contributed by atoms with Gasteiger partial charge in [0, 0.05) is 22.1 Å². The zero-order valence-electron chi connectivity index (χ0n) is 24.0. The maximum atomic E-state index is 12.8. The summed E-state index contributed by atoms with van der Waals surface area (Å²) < 4.78 is 13.0. The van der Waals surface area contributed by atoms with Crippen LogP contribution in [0.5, 0.6) is 0 Å². The molecule has 4 aromatic carbocycles. The van der Waals surface area contributed by atoms with Crippen LogP contribution in [0.25, 0.3) is 0 Å². The largest absolute Gasteiger partial charge is 0.478 e. The zero-order valence-corrected chi connectivity index (χ0v) is 24.8. The average molecular weight is 610 g/mol. The number of hydrogen-bond donors (Lipinski definition) is 2. The van der Waals surface area contributed by atoms with Gasteiger partial charge < -0.3 is 19.7 Å². The van der Waals surface area contributed by atoms with Crippen molar-refractivity contribution in [2.45, 2.75) is 43.5 Å².